The molecule has 0 amide bonds. The predicted octanol–water partition coefficient (Wildman–Crippen LogP) is 6.83. The van der Waals surface area contributed by atoms with E-state index in [4.69, 9.17) is 4.74 Å². The molecular weight excluding hydrogens is 474 g/mol. The van der Waals surface area contributed by atoms with Crippen LogP contribution in [0.2, 0.25) is 0 Å². The van der Waals surface area contributed by atoms with Crippen LogP contribution in [0, 0.1) is 0 Å². The molecule has 0 spiro atoms. The van der Waals surface area contributed by atoms with Gasteiger partial charge >= 0.3 is 0 Å². The molecule has 5 nitrogen and oxygen atoms in total. The first kappa shape index (κ1) is 23.9. The number of rotatable bonds is 7. The van der Waals surface area contributed by atoms with E-state index in [0.29, 0.717) is 28.9 Å². The maximum atomic E-state index is 13.2. The lowest BCUT2D eigenvalue weighted by Crippen LogP contribution is -2.12. The van der Waals surface area contributed by atoms with Gasteiger partial charge in [0.25, 0.3) is 0 Å². The van der Waals surface area contributed by atoms with Gasteiger partial charge in [0.05, 0.1) is 13.0 Å². The highest BCUT2D eigenvalue weighted by atomic mass is 16.5. The lowest BCUT2D eigenvalue weighted by molar-refractivity contribution is 0.0893. The summed E-state index contributed by atoms with van der Waals surface area (Å²) in [6, 6.07) is 26.0. The van der Waals surface area contributed by atoms with Gasteiger partial charge in [0.2, 0.25) is 0 Å². The minimum Gasteiger partial charge on any atom is -0.493 e. The van der Waals surface area contributed by atoms with Gasteiger partial charge in [-0.2, -0.15) is 0 Å². The Morgan fingerprint density at radius 3 is 2.08 bits per heavy atom. The molecule has 0 saturated heterocycles. The monoisotopic (exact) mass is 501 g/mol. The van der Waals surface area contributed by atoms with E-state index < -0.39 is 0 Å². The summed E-state index contributed by atoms with van der Waals surface area (Å²) in [6.45, 7) is 3.51. The van der Waals surface area contributed by atoms with Crippen molar-refractivity contribution in [1.82, 2.24) is 4.57 Å². The number of aromatic nitrogens is 1. The van der Waals surface area contributed by atoms with Gasteiger partial charge in [-0.1, -0.05) is 30.3 Å². The molecule has 5 aromatic rings. The minimum atomic E-state index is -0.222. The summed E-state index contributed by atoms with van der Waals surface area (Å²) < 4.78 is 7.82. The Labute approximate surface area is 220 Å². The number of carbonyl (C=O) groups excluding carboxylic acids is 3. The van der Waals surface area contributed by atoms with E-state index in [-0.39, 0.29) is 23.8 Å². The molecule has 0 N–H and O–H groups in total. The Morgan fingerprint density at radius 1 is 0.737 bits per heavy atom. The molecule has 1 aliphatic heterocycles. The average molecular weight is 502 g/mol. The standard InChI is InChI=1S/C33H27NO4/c1-2-34-28-13-10-23(31(36)20-30(35)22-12-15-32-24(17-22)9-6-16-38-32)18-26(28)27-19-25(11-14-29(27)34)33(37)21-7-4-3-5-8-21/h3-5,7-8,10-15,17-19H,2,6,9,16,20H2,1H3. The van der Waals surface area contributed by atoms with Gasteiger partial charge in [-0.05, 0) is 79.9 Å². The van der Waals surface area contributed by atoms with Crippen LogP contribution in [-0.4, -0.2) is 28.5 Å². The molecule has 1 aromatic heterocycles. The predicted molar refractivity (Wildman–Crippen MR) is 149 cm³/mol. The molecule has 0 radical (unpaired) electrons. The molecular formula is C33H27NO4. The number of carbonyl (C=O) groups is 3. The molecule has 0 saturated carbocycles. The second-order valence-electron chi connectivity index (χ2n) is 9.70. The summed E-state index contributed by atoms with van der Waals surface area (Å²) in [4.78, 5) is 39.3. The third-order valence-electron chi connectivity index (χ3n) is 7.35. The van der Waals surface area contributed by atoms with E-state index in [2.05, 4.69) is 11.5 Å². The third kappa shape index (κ3) is 4.20. The molecule has 0 atom stereocenters. The summed E-state index contributed by atoms with van der Waals surface area (Å²) in [5.41, 5.74) is 5.27. The maximum absolute atomic E-state index is 13.2. The highest BCUT2D eigenvalue weighted by molar-refractivity contribution is 6.18. The van der Waals surface area contributed by atoms with Crippen LogP contribution in [0.15, 0.2) is 84.9 Å². The lowest BCUT2D eigenvalue weighted by Gasteiger charge is -2.17. The third-order valence-corrected chi connectivity index (χ3v) is 7.35. The van der Waals surface area contributed by atoms with E-state index >= 15 is 0 Å². The average Bonchev–Trinajstić information content (AvgIpc) is 3.29. The number of Topliss-reactive ketones (excluding diaryl/α,β-unsaturated/α-hetero) is 2. The van der Waals surface area contributed by atoms with Crippen LogP contribution in [0.3, 0.4) is 0 Å². The zero-order chi connectivity index (χ0) is 26.2. The number of hydrogen-bond acceptors (Lipinski definition) is 4. The van der Waals surface area contributed by atoms with E-state index in [1.54, 1.807) is 12.1 Å². The van der Waals surface area contributed by atoms with Gasteiger partial charge in [-0.3, -0.25) is 14.4 Å². The van der Waals surface area contributed by atoms with Crippen molar-refractivity contribution in [3.8, 4) is 5.75 Å². The summed E-state index contributed by atoms with van der Waals surface area (Å²) in [5, 5.41) is 1.81. The minimum absolute atomic E-state index is 0.0434. The molecule has 38 heavy (non-hydrogen) atoms. The van der Waals surface area contributed by atoms with Gasteiger partial charge in [-0.25, -0.2) is 0 Å². The Hall–Kier alpha value is -4.51. The molecule has 0 bridgehead atoms. The van der Waals surface area contributed by atoms with Crippen LogP contribution in [0.5, 0.6) is 5.75 Å². The first-order valence-electron chi connectivity index (χ1n) is 13.0. The molecule has 0 unspecified atom stereocenters. The number of aryl methyl sites for hydroxylation is 2. The number of benzene rings is 4. The number of ether oxygens (including phenoxy) is 1. The van der Waals surface area contributed by atoms with Crippen LogP contribution >= 0.6 is 0 Å². The second-order valence-corrected chi connectivity index (χ2v) is 9.70. The molecule has 6 rings (SSSR count). The van der Waals surface area contributed by atoms with Crippen molar-refractivity contribution >= 4 is 39.2 Å². The Balaban J connectivity index is 1.34. The van der Waals surface area contributed by atoms with E-state index in [1.807, 2.05) is 72.8 Å². The zero-order valence-corrected chi connectivity index (χ0v) is 21.2. The van der Waals surface area contributed by atoms with Gasteiger partial charge in [0.1, 0.15) is 5.75 Å². The summed E-state index contributed by atoms with van der Waals surface area (Å²) in [7, 11) is 0. The fourth-order valence-corrected chi connectivity index (χ4v) is 5.40. The van der Waals surface area contributed by atoms with Crippen LogP contribution in [0.25, 0.3) is 21.8 Å². The van der Waals surface area contributed by atoms with Gasteiger partial charge in [-0.15, -0.1) is 0 Å². The second kappa shape index (κ2) is 9.75. The quantitative estimate of drug-likeness (QED) is 0.181. The van der Waals surface area contributed by atoms with Crippen molar-refractivity contribution in [2.75, 3.05) is 6.61 Å². The van der Waals surface area contributed by atoms with Crippen molar-refractivity contribution < 1.29 is 19.1 Å². The normalized spacial score (nSPS) is 12.8. The van der Waals surface area contributed by atoms with Crippen LogP contribution in [0.4, 0.5) is 0 Å². The van der Waals surface area contributed by atoms with Crippen LogP contribution in [0.1, 0.15) is 62.0 Å². The first-order chi connectivity index (χ1) is 18.5. The molecule has 2 heterocycles. The Bertz CT molecular complexity index is 1730. The summed E-state index contributed by atoms with van der Waals surface area (Å²) in [6.07, 6.45) is 1.60. The molecule has 1 aliphatic rings. The maximum Gasteiger partial charge on any atom is 0.193 e. The number of ketones is 3. The van der Waals surface area contributed by atoms with Crippen molar-refractivity contribution in [1.29, 1.82) is 0 Å². The topological polar surface area (TPSA) is 65.4 Å². The highest BCUT2D eigenvalue weighted by Gasteiger charge is 2.19. The number of hydrogen-bond donors (Lipinski definition) is 0. The Morgan fingerprint density at radius 2 is 1.37 bits per heavy atom. The first-order valence-corrected chi connectivity index (χ1v) is 13.0. The van der Waals surface area contributed by atoms with Crippen molar-refractivity contribution in [3.05, 3.63) is 113 Å². The van der Waals surface area contributed by atoms with Crippen LogP contribution < -0.4 is 4.74 Å². The van der Waals surface area contributed by atoms with Crippen molar-refractivity contribution in [3.63, 3.8) is 0 Å². The largest absolute Gasteiger partial charge is 0.493 e. The molecule has 0 aliphatic carbocycles. The summed E-state index contributed by atoms with van der Waals surface area (Å²) in [5.74, 6) is 0.357. The van der Waals surface area contributed by atoms with Crippen molar-refractivity contribution in [2.24, 2.45) is 0 Å². The SMILES string of the molecule is CCn1c2ccc(C(=O)CC(=O)c3ccc4c(c3)CCCO4)cc2c2cc(C(=O)c3ccccc3)ccc21. The van der Waals surface area contributed by atoms with Crippen molar-refractivity contribution in [2.45, 2.75) is 32.7 Å². The highest BCUT2D eigenvalue weighted by Crippen LogP contribution is 2.32. The smallest absolute Gasteiger partial charge is 0.193 e. The van der Waals surface area contributed by atoms with E-state index in [9.17, 15) is 14.4 Å². The van der Waals surface area contributed by atoms with E-state index in [0.717, 1.165) is 52.5 Å². The van der Waals surface area contributed by atoms with Gasteiger partial charge < -0.3 is 9.30 Å². The van der Waals surface area contributed by atoms with Gasteiger partial charge in [0, 0.05) is 50.6 Å². The number of nitrogens with zero attached hydrogens (tertiary/aromatic N) is 1. The molecule has 4 aromatic carbocycles. The van der Waals surface area contributed by atoms with Crippen LogP contribution in [-0.2, 0) is 13.0 Å². The lowest BCUT2D eigenvalue weighted by atomic mass is 9.96. The fourth-order valence-electron chi connectivity index (χ4n) is 5.40. The number of fused-ring (bicyclic) bond motifs is 4. The fraction of sp³-hybridized carbons (Fsp3) is 0.182. The van der Waals surface area contributed by atoms with E-state index in [1.165, 1.54) is 0 Å². The molecule has 5 heteroatoms. The summed E-state index contributed by atoms with van der Waals surface area (Å²) >= 11 is 0. The van der Waals surface area contributed by atoms with Gasteiger partial charge in [0.15, 0.2) is 17.3 Å². The molecule has 0 fully saturated rings. The Kier molecular flexibility index (Phi) is 6.12. The molecule has 188 valence electrons. The zero-order valence-electron chi connectivity index (χ0n) is 21.2.